The second-order valence-electron chi connectivity index (χ2n) is 6.30. The fourth-order valence-electron chi connectivity index (χ4n) is 2.62. The van der Waals surface area contributed by atoms with Gasteiger partial charge in [0, 0.05) is 24.1 Å². The van der Waals surface area contributed by atoms with Crippen LogP contribution in [-0.4, -0.2) is 19.1 Å². The fourth-order valence-corrected chi connectivity index (χ4v) is 2.62. The van der Waals surface area contributed by atoms with Crippen molar-refractivity contribution in [3.8, 4) is 11.1 Å². The van der Waals surface area contributed by atoms with Crippen LogP contribution in [0.15, 0.2) is 72.8 Å². The normalized spacial score (nSPS) is 10.1. The van der Waals surface area contributed by atoms with Gasteiger partial charge in [0.05, 0.1) is 0 Å². The topological polar surface area (TPSA) is 82.3 Å². The van der Waals surface area contributed by atoms with Gasteiger partial charge >= 0.3 is 12.1 Å². The van der Waals surface area contributed by atoms with E-state index in [9.17, 15) is 9.59 Å². The first-order valence-electron chi connectivity index (χ1n) is 8.87. The number of amides is 4. The van der Waals surface area contributed by atoms with Crippen LogP contribution in [-0.2, 0) is 0 Å². The number of benzene rings is 3. The minimum atomic E-state index is -0.338. The Morgan fingerprint density at radius 2 is 0.929 bits per heavy atom. The molecule has 4 N–H and O–H groups in total. The molecule has 142 valence electrons. The lowest BCUT2D eigenvalue weighted by molar-refractivity contribution is 0.254. The standard InChI is InChI=1S/C22H22N4O2/c1-15-3-5-16(6-4-15)17-7-9-18(10-8-17)25-22(28)26-20-13-11-19(12-14-20)24-21(27)23-2/h3-14H,1-2H3,(H2,23,24,27)(H2,25,26,28). The van der Waals surface area contributed by atoms with Crippen molar-refractivity contribution in [3.05, 3.63) is 78.4 Å². The summed E-state index contributed by atoms with van der Waals surface area (Å²) in [5, 5.41) is 10.7. The van der Waals surface area contributed by atoms with Gasteiger partial charge in [-0.1, -0.05) is 42.0 Å². The molecular formula is C22H22N4O2. The molecule has 0 radical (unpaired) electrons. The zero-order valence-corrected chi connectivity index (χ0v) is 15.7. The Morgan fingerprint density at radius 1 is 0.571 bits per heavy atom. The van der Waals surface area contributed by atoms with E-state index in [-0.39, 0.29) is 12.1 Å². The maximum absolute atomic E-state index is 12.2. The van der Waals surface area contributed by atoms with Gasteiger partial charge in [0.2, 0.25) is 0 Å². The summed E-state index contributed by atoms with van der Waals surface area (Å²) in [5.74, 6) is 0. The van der Waals surface area contributed by atoms with E-state index in [1.54, 1.807) is 31.3 Å². The van der Waals surface area contributed by atoms with Crippen LogP contribution >= 0.6 is 0 Å². The third-order valence-electron chi connectivity index (χ3n) is 4.16. The monoisotopic (exact) mass is 374 g/mol. The maximum atomic E-state index is 12.2. The molecular weight excluding hydrogens is 352 g/mol. The molecule has 3 rings (SSSR count). The van der Waals surface area contributed by atoms with Crippen molar-refractivity contribution in [3.63, 3.8) is 0 Å². The minimum Gasteiger partial charge on any atom is -0.341 e. The number of hydrogen-bond donors (Lipinski definition) is 4. The van der Waals surface area contributed by atoms with Crippen LogP contribution in [0.2, 0.25) is 0 Å². The molecule has 0 bridgehead atoms. The van der Waals surface area contributed by atoms with Gasteiger partial charge in [0.15, 0.2) is 0 Å². The van der Waals surface area contributed by atoms with Gasteiger partial charge in [-0.2, -0.15) is 0 Å². The van der Waals surface area contributed by atoms with Crippen LogP contribution in [0.3, 0.4) is 0 Å². The highest BCUT2D eigenvalue weighted by Gasteiger charge is 2.05. The molecule has 0 atom stereocenters. The second kappa shape index (κ2) is 8.73. The summed E-state index contributed by atoms with van der Waals surface area (Å²) in [4.78, 5) is 23.5. The molecule has 0 aromatic heterocycles. The summed E-state index contributed by atoms with van der Waals surface area (Å²) in [5.41, 5.74) is 5.40. The van der Waals surface area contributed by atoms with Crippen molar-refractivity contribution in [1.82, 2.24) is 5.32 Å². The lowest BCUT2D eigenvalue weighted by Crippen LogP contribution is -2.24. The average Bonchev–Trinajstić information content (AvgIpc) is 2.70. The highest BCUT2D eigenvalue weighted by Crippen LogP contribution is 2.22. The molecule has 6 heteroatoms. The van der Waals surface area contributed by atoms with Crippen molar-refractivity contribution < 1.29 is 9.59 Å². The van der Waals surface area contributed by atoms with Crippen molar-refractivity contribution in [2.75, 3.05) is 23.0 Å². The molecule has 0 heterocycles. The number of hydrogen-bond acceptors (Lipinski definition) is 2. The number of aryl methyl sites for hydroxylation is 1. The van der Waals surface area contributed by atoms with E-state index in [0.29, 0.717) is 17.1 Å². The maximum Gasteiger partial charge on any atom is 0.323 e. The number of carbonyl (C=O) groups is 2. The highest BCUT2D eigenvalue weighted by atomic mass is 16.2. The third-order valence-corrected chi connectivity index (χ3v) is 4.16. The molecule has 0 fully saturated rings. The van der Waals surface area contributed by atoms with Crippen LogP contribution in [0.5, 0.6) is 0 Å². The summed E-state index contributed by atoms with van der Waals surface area (Å²) < 4.78 is 0. The molecule has 28 heavy (non-hydrogen) atoms. The molecule has 0 aliphatic rings. The lowest BCUT2D eigenvalue weighted by atomic mass is 10.0. The van der Waals surface area contributed by atoms with E-state index >= 15 is 0 Å². The summed E-state index contributed by atoms with van der Waals surface area (Å²) in [6.45, 7) is 2.06. The van der Waals surface area contributed by atoms with E-state index in [4.69, 9.17) is 0 Å². The summed E-state index contributed by atoms with van der Waals surface area (Å²) >= 11 is 0. The molecule has 3 aromatic carbocycles. The van der Waals surface area contributed by atoms with Crippen molar-refractivity contribution in [2.24, 2.45) is 0 Å². The molecule has 6 nitrogen and oxygen atoms in total. The number of anilines is 3. The van der Waals surface area contributed by atoms with Gasteiger partial charge < -0.3 is 21.3 Å². The van der Waals surface area contributed by atoms with E-state index < -0.39 is 0 Å². The SMILES string of the molecule is CNC(=O)Nc1ccc(NC(=O)Nc2ccc(-c3ccc(C)cc3)cc2)cc1. The van der Waals surface area contributed by atoms with Crippen molar-refractivity contribution in [2.45, 2.75) is 6.92 Å². The van der Waals surface area contributed by atoms with Crippen LogP contribution in [0.4, 0.5) is 26.7 Å². The minimum absolute atomic E-state index is 0.299. The first kappa shape index (κ1) is 19.0. The predicted octanol–water partition coefficient (Wildman–Crippen LogP) is 5.06. The Morgan fingerprint density at radius 3 is 1.36 bits per heavy atom. The quantitative estimate of drug-likeness (QED) is 0.515. The number of carbonyl (C=O) groups excluding carboxylic acids is 2. The van der Waals surface area contributed by atoms with Crippen molar-refractivity contribution in [1.29, 1.82) is 0 Å². The molecule has 0 aliphatic carbocycles. The zero-order chi connectivity index (χ0) is 19.9. The molecule has 4 amide bonds. The molecule has 0 saturated carbocycles. The number of urea groups is 2. The van der Waals surface area contributed by atoms with Gasteiger partial charge in [0.25, 0.3) is 0 Å². The van der Waals surface area contributed by atoms with Crippen LogP contribution < -0.4 is 21.3 Å². The van der Waals surface area contributed by atoms with Gasteiger partial charge in [0.1, 0.15) is 0 Å². The molecule has 0 unspecified atom stereocenters. The fraction of sp³-hybridized carbons (Fsp3) is 0.0909. The molecule has 0 spiro atoms. The van der Waals surface area contributed by atoms with Gasteiger partial charge in [-0.05, 0) is 54.4 Å². The summed E-state index contributed by atoms with van der Waals surface area (Å²) in [6, 6.07) is 22.2. The molecule has 0 saturated heterocycles. The van der Waals surface area contributed by atoms with E-state index in [2.05, 4.69) is 52.5 Å². The van der Waals surface area contributed by atoms with Gasteiger partial charge in [-0.25, -0.2) is 9.59 Å². The average molecular weight is 374 g/mol. The van der Waals surface area contributed by atoms with E-state index in [1.165, 1.54) is 5.56 Å². The molecule has 0 aliphatic heterocycles. The third kappa shape index (κ3) is 5.11. The Kier molecular flexibility index (Phi) is 5.91. The number of rotatable bonds is 4. The van der Waals surface area contributed by atoms with E-state index in [1.807, 2.05) is 24.3 Å². The Labute approximate surface area is 164 Å². The Bertz CT molecular complexity index is 949. The highest BCUT2D eigenvalue weighted by molar-refractivity contribution is 6.00. The van der Waals surface area contributed by atoms with Gasteiger partial charge in [-0.15, -0.1) is 0 Å². The van der Waals surface area contributed by atoms with E-state index in [0.717, 1.165) is 11.1 Å². The largest absolute Gasteiger partial charge is 0.341 e. The zero-order valence-electron chi connectivity index (χ0n) is 15.7. The lowest BCUT2D eigenvalue weighted by Gasteiger charge is -2.10. The predicted molar refractivity (Wildman–Crippen MR) is 114 cm³/mol. The smallest absolute Gasteiger partial charge is 0.323 e. The first-order chi connectivity index (χ1) is 13.5. The Hall–Kier alpha value is -3.80. The first-order valence-corrected chi connectivity index (χ1v) is 8.87. The van der Waals surface area contributed by atoms with Crippen LogP contribution in [0.25, 0.3) is 11.1 Å². The van der Waals surface area contributed by atoms with Crippen LogP contribution in [0.1, 0.15) is 5.56 Å². The second-order valence-corrected chi connectivity index (χ2v) is 6.30. The summed E-state index contributed by atoms with van der Waals surface area (Å²) in [6.07, 6.45) is 0. The van der Waals surface area contributed by atoms with Crippen LogP contribution in [0, 0.1) is 6.92 Å². The van der Waals surface area contributed by atoms with Crippen molar-refractivity contribution >= 4 is 29.1 Å². The number of nitrogens with one attached hydrogen (secondary N) is 4. The van der Waals surface area contributed by atoms with Gasteiger partial charge in [-0.3, -0.25) is 0 Å². The summed E-state index contributed by atoms with van der Waals surface area (Å²) in [7, 11) is 1.54. The Balaban J connectivity index is 1.57. The molecule has 3 aromatic rings.